The van der Waals surface area contributed by atoms with Gasteiger partial charge in [0.2, 0.25) is 0 Å². The van der Waals surface area contributed by atoms with E-state index >= 15 is 0 Å². The standard InChI is InChI=1S/C13H28N2/c1-4-13(5-2)15(3)11-8-12-6-9-14-10-7-12/h12-14H,4-11H2,1-3H3. The monoisotopic (exact) mass is 212 g/mol. The van der Waals surface area contributed by atoms with Gasteiger partial charge < -0.3 is 10.2 Å². The molecule has 0 unspecified atom stereocenters. The number of hydrogen-bond donors (Lipinski definition) is 1. The molecule has 0 aromatic carbocycles. The molecule has 0 atom stereocenters. The van der Waals surface area contributed by atoms with Gasteiger partial charge in [-0.2, -0.15) is 0 Å². The number of piperidine rings is 1. The van der Waals surface area contributed by atoms with Crippen LogP contribution in [0, 0.1) is 5.92 Å². The van der Waals surface area contributed by atoms with Crippen molar-refractivity contribution in [2.45, 2.75) is 52.0 Å². The van der Waals surface area contributed by atoms with E-state index in [4.69, 9.17) is 0 Å². The molecule has 0 aromatic heterocycles. The molecule has 1 heterocycles. The molecule has 1 aliphatic heterocycles. The van der Waals surface area contributed by atoms with Crippen LogP contribution >= 0.6 is 0 Å². The number of nitrogens with zero attached hydrogens (tertiary/aromatic N) is 1. The summed E-state index contributed by atoms with van der Waals surface area (Å²) in [6, 6.07) is 0.798. The van der Waals surface area contributed by atoms with Gasteiger partial charge in [-0.05, 0) is 64.7 Å². The van der Waals surface area contributed by atoms with Gasteiger partial charge in [0.05, 0.1) is 0 Å². The van der Waals surface area contributed by atoms with Crippen molar-refractivity contribution in [1.82, 2.24) is 10.2 Å². The van der Waals surface area contributed by atoms with E-state index in [1.165, 1.54) is 51.7 Å². The second-order valence-corrected chi connectivity index (χ2v) is 4.93. The zero-order valence-electron chi connectivity index (χ0n) is 10.8. The molecule has 15 heavy (non-hydrogen) atoms. The summed E-state index contributed by atoms with van der Waals surface area (Å²) in [5.74, 6) is 0.975. The highest BCUT2D eigenvalue weighted by Gasteiger charge is 2.15. The first-order valence-electron chi connectivity index (χ1n) is 6.68. The topological polar surface area (TPSA) is 15.3 Å². The van der Waals surface area contributed by atoms with Gasteiger partial charge in [-0.3, -0.25) is 0 Å². The van der Waals surface area contributed by atoms with Crippen LogP contribution in [-0.4, -0.2) is 37.6 Å². The Morgan fingerprint density at radius 2 is 1.80 bits per heavy atom. The first kappa shape index (κ1) is 13.0. The average molecular weight is 212 g/mol. The lowest BCUT2D eigenvalue weighted by Crippen LogP contribution is -2.34. The minimum atomic E-state index is 0.798. The van der Waals surface area contributed by atoms with Crippen molar-refractivity contribution in [2.75, 3.05) is 26.7 Å². The van der Waals surface area contributed by atoms with E-state index in [9.17, 15) is 0 Å². The summed E-state index contributed by atoms with van der Waals surface area (Å²) in [4.78, 5) is 2.56. The Balaban J connectivity index is 2.16. The van der Waals surface area contributed by atoms with Gasteiger partial charge in [-0.25, -0.2) is 0 Å². The van der Waals surface area contributed by atoms with Gasteiger partial charge in [-0.1, -0.05) is 13.8 Å². The third-order valence-corrected chi connectivity index (χ3v) is 3.91. The zero-order valence-corrected chi connectivity index (χ0v) is 10.8. The molecule has 2 heteroatoms. The molecule has 1 rings (SSSR count). The van der Waals surface area contributed by atoms with E-state index in [0.29, 0.717) is 0 Å². The Morgan fingerprint density at radius 3 is 2.33 bits per heavy atom. The number of nitrogens with one attached hydrogen (secondary N) is 1. The maximum atomic E-state index is 3.43. The Hall–Kier alpha value is -0.0800. The molecular formula is C13H28N2. The van der Waals surface area contributed by atoms with Gasteiger partial charge in [-0.15, -0.1) is 0 Å². The molecular weight excluding hydrogens is 184 g/mol. The quantitative estimate of drug-likeness (QED) is 0.728. The molecule has 1 fully saturated rings. The highest BCUT2D eigenvalue weighted by atomic mass is 15.1. The molecule has 0 radical (unpaired) electrons. The van der Waals surface area contributed by atoms with Crippen LogP contribution in [0.25, 0.3) is 0 Å². The smallest absolute Gasteiger partial charge is 0.00869 e. The molecule has 0 saturated carbocycles. The van der Waals surface area contributed by atoms with E-state index in [1.807, 2.05) is 0 Å². The van der Waals surface area contributed by atoms with E-state index in [1.54, 1.807) is 0 Å². The maximum absolute atomic E-state index is 3.43. The molecule has 1 N–H and O–H groups in total. The number of hydrogen-bond acceptors (Lipinski definition) is 2. The fourth-order valence-corrected chi connectivity index (χ4v) is 2.65. The first-order chi connectivity index (χ1) is 7.27. The summed E-state index contributed by atoms with van der Waals surface area (Å²) in [5, 5.41) is 3.43. The van der Waals surface area contributed by atoms with Crippen LogP contribution in [0.2, 0.25) is 0 Å². The third kappa shape index (κ3) is 4.52. The Labute approximate surface area is 95.4 Å². The van der Waals surface area contributed by atoms with Crippen LogP contribution in [0.15, 0.2) is 0 Å². The van der Waals surface area contributed by atoms with Crippen LogP contribution in [0.3, 0.4) is 0 Å². The lowest BCUT2D eigenvalue weighted by atomic mass is 9.94. The van der Waals surface area contributed by atoms with Crippen molar-refractivity contribution < 1.29 is 0 Å². The van der Waals surface area contributed by atoms with Gasteiger partial charge >= 0.3 is 0 Å². The maximum Gasteiger partial charge on any atom is 0.00869 e. The second-order valence-electron chi connectivity index (χ2n) is 4.93. The van der Waals surface area contributed by atoms with E-state index in [0.717, 1.165) is 12.0 Å². The van der Waals surface area contributed by atoms with Crippen LogP contribution in [0.5, 0.6) is 0 Å². The predicted octanol–water partition coefficient (Wildman–Crippen LogP) is 2.50. The summed E-state index contributed by atoms with van der Waals surface area (Å²) in [6.45, 7) is 8.36. The van der Waals surface area contributed by atoms with Crippen molar-refractivity contribution in [3.8, 4) is 0 Å². The normalized spacial score (nSPS) is 19.0. The van der Waals surface area contributed by atoms with Gasteiger partial charge in [0, 0.05) is 6.04 Å². The number of rotatable bonds is 6. The minimum Gasteiger partial charge on any atom is -0.317 e. The van der Waals surface area contributed by atoms with E-state index in [2.05, 4.69) is 31.1 Å². The summed E-state index contributed by atoms with van der Waals surface area (Å²) in [7, 11) is 2.29. The molecule has 0 bridgehead atoms. The van der Waals surface area contributed by atoms with E-state index in [-0.39, 0.29) is 0 Å². The fraction of sp³-hybridized carbons (Fsp3) is 1.00. The van der Waals surface area contributed by atoms with Crippen molar-refractivity contribution >= 4 is 0 Å². The van der Waals surface area contributed by atoms with Crippen LogP contribution in [-0.2, 0) is 0 Å². The summed E-state index contributed by atoms with van der Waals surface area (Å²) >= 11 is 0. The molecule has 0 amide bonds. The molecule has 0 aromatic rings. The molecule has 1 saturated heterocycles. The molecule has 2 nitrogen and oxygen atoms in total. The SMILES string of the molecule is CCC(CC)N(C)CCC1CCNCC1. The summed E-state index contributed by atoms with van der Waals surface area (Å²) in [5.41, 5.74) is 0. The van der Waals surface area contributed by atoms with Crippen LogP contribution in [0.4, 0.5) is 0 Å². The zero-order chi connectivity index (χ0) is 11.1. The Bertz CT molecular complexity index is 149. The second kappa shape index (κ2) is 7.24. The summed E-state index contributed by atoms with van der Waals surface area (Å²) < 4.78 is 0. The van der Waals surface area contributed by atoms with Crippen molar-refractivity contribution in [2.24, 2.45) is 5.92 Å². The first-order valence-corrected chi connectivity index (χ1v) is 6.68. The largest absolute Gasteiger partial charge is 0.317 e. The van der Waals surface area contributed by atoms with Gasteiger partial charge in [0.25, 0.3) is 0 Å². The molecule has 1 aliphatic rings. The predicted molar refractivity (Wildman–Crippen MR) is 67.2 cm³/mol. The van der Waals surface area contributed by atoms with E-state index < -0.39 is 0 Å². The van der Waals surface area contributed by atoms with Gasteiger partial charge in [0.1, 0.15) is 0 Å². The third-order valence-electron chi connectivity index (χ3n) is 3.91. The Kier molecular flexibility index (Phi) is 6.26. The van der Waals surface area contributed by atoms with Gasteiger partial charge in [0.15, 0.2) is 0 Å². The highest BCUT2D eigenvalue weighted by molar-refractivity contribution is 4.72. The minimum absolute atomic E-state index is 0.798. The lowest BCUT2D eigenvalue weighted by molar-refractivity contribution is 0.204. The van der Waals surface area contributed by atoms with Crippen molar-refractivity contribution in [1.29, 1.82) is 0 Å². The molecule has 0 spiro atoms. The Morgan fingerprint density at radius 1 is 1.20 bits per heavy atom. The van der Waals surface area contributed by atoms with Crippen LogP contribution < -0.4 is 5.32 Å². The lowest BCUT2D eigenvalue weighted by Gasteiger charge is -2.29. The summed E-state index contributed by atoms with van der Waals surface area (Å²) in [6.07, 6.45) is 6.75. The van der Waals surface area contributed by atoms with Crippen molar-refractivity contribution in [3.63, 3.8) is 0 Å². The highest BCUT2D eigenvalue weighted by Crippen LogP contribution is 2.17. The average Bonchev–Trinajstić information content (AvgIpc) is 2.29. The molecule has 0 aliphatic carbocycles. The molecule has 90 valence electrons. The fourth-order valence-electron chi connectivity index (χ4n) is 2.65. The van der Waals surface area contributed by atoms with Crippen molar-refractivity contribution in [3.05, 3.63) is 0 Å². The van der Waals surface area contributed by atoms with Crippen LogP contribution in [0.1, 0.15) is 46.0 Å².